The highest BCUT2D eigenvalue weighted by atomic mass is 79.9. The number of hydrogen-bond donors (Lipinski definition) is 2. The van der Waals surface area contributed by atoms with Crippen molar-refractivity contribution in [1.82, 2.24) is 5.43 Å². The zero-order chi connectivity index (χ0) is 12.3. The second-order valence-corrected chi connectivity index (χ2v) is 5.97. The van der Waals surface area contributed by atoms with Crippen molar-refractivity contribution < 1.29 is 0 Å². The van der Waals surface area contributed by atoms with Crippen molar-refractivity contribution in [3.63, 3.8) is 0 Å². The normalized spacial score (nSPS) is 12.6. The zero-order valence-corrected chi connectivity index (χ0v) is 12.1. The summed E-state index contributed by atoms with van der Waals surface area (Å²) in [6.45, 7) is 0. The molecule has 5 heteroatoms. The lowest BCUT2D eigenvalue weighted by atomic mass is 10.0. The van der Waals surface area contributed by atoms with E-state index in [0.717, 1.165) is 16.5 Å². The van der Waals surface area contributed by atoms with Gasteiger partial charge in [0.2, 0.25) is 0 Å². The van der Waals surface area contributed by atoms with Crippen molar-refractivity contribution in [2.75, 3.05) is 0 Å². The van der Waals surface area contributed by atoms with E-state index in [2.05, 4.69) is 32.8 Å². The molecule has 0 bridgehead atoms. The molecule has 3 N–H and O–H groups in total. The van der Waals surface area contributed by atoms with Crippen LogP contribution in [0.15, 0.2) is 40.2 Å². The van der Waals surface area contributed by atoms with E-state index in [0.29, 0.717) is 5.02 Å². The van der Waals surface area contributed by atoms with Crippen LogP contribution in [0.2, 0.25) is 5.02 Å². The summed E-state index contributed by atoms with van der Waals surface area (Å²) in [6, 6.07) is 10.1. The van der Waals surface area contributed by atoms with Gasteiger partial charge in [-0.2, -0.15) is 0 Å². The Bertz CT molecular complexity index is 487. The van der Waals surface area contributed by atoms with Gasteiger partial charge in [0.15, 0.2) is 0 Å². The lowest BCUT2D eigenvalue weighted by Gasteiger charge is -2.16. The Kier molecular flexibility index (Phi) is 4.59. The maximum atomic E-state index is 6.08. The molecule has 1 atom stereocenters. The largest absolute Gasteiger partial charge is 0.271 e. The maximum absolute atomic E-state index is 6.08. The molecule has 0 fully saturated rings. The van der Waals surface area contributed by atoms with Gasteiger partial charge in [0.25, 0.3) is 0 Å². The molecule has 2 rings (SSSR count). The van der Waals surface area contributed by atoms with Gasteiger partial charge in [-0.25, -0.2) is 0 Å². The first-order chi connectivity index (χ1) is 8.20. The molecule has 0 spiro atoms. The minimum absolute atomic E-state index is 0.0826. The van der Waals surface area contributed by atoms with E-state index in [1.807, 2.05) is 24.3 Å². The van der Waals surface area contributed by atoms with E-state index in [4.69, 9.17) is 17.4 Å². The molecule has 2 nitrogen and oxygen atoms in total. The second kappa shape index (κ2) is 5.98. The number of nitrogens with one attached hydrogen (secondary N) is 1. The van der Waals surface area contributed by atoms with Gasteiger partial charge < -0.3 is 0 Å². The van der Waals surface area contributed by atoms with Gasteiger partial charge in [-0.05, 0) is 45.1 Å². The lowest BCUT2D eigenvalue weighted by Crippen LogP contribution is -2.29. The summed E-state index contributed by atoms with van der Waals surface area (Å²) in [5.74, 6) is 5.61. The highest BCUT2D eigenvalue weighted by Crippen LogP contribution is 2.27. The highest BCUT2D eigenvalue weighted by molar-refractivity contribution is 9.10. The van der Waals surface area contributed by atoms with Gasteiger partial charge in [0.1, 0.15) is 0 Å². The smallest absolute Gasteiger partial charge is 0.0551 e. The third kappa shape index (κ3) is 3.30. The fourth-order valence-electron chi connectivity index (χ4n) is 1.63. The Labute approximate surface area is 118 Å². The minimum atomic E-state index is 0.0826. The lowest BCUT2D eigenvalue weighted by molar-refractivity contribution is 0.555. The van der Waals surface area contributed by atoms with E-state index in [9.17, 15) is 0 Å². The van der Waals surface area contributed by atoms with E-state index in [1.165, 1.54) is 4.88 Å². The first-order valence-corrected chi connectivity index (χ1v) is 7.19. The van der Waals surface area contributed by atoms with Crippen LogP contribution in [-0.2, 0) is 6.42 Å². The van der Waals surface area contributed by atoms with Crippen molar-refractivity contribution in [3.05, 3.63) is 55.6 Å². The quantitative estimate of drug-likeness (QED) is 0.658. The van der Waals surface area contributed by atoms with Crippen LogP contribution in [0.5, 0.6) is 0 Å². The Hall–Kier alpha value is -0.390. The average molecular weight is 332 g/mol. The second-order valence-electron chi connectivity index (χ2n) is 3.68. The van der Waals surface area contributed by atoms with Crippen LogP contribution in [0.25, 0.3) is 0 Å². The monoisotopic (exact) mass is 330 g/mol. The number of rotatable bonds is 4. The molecular formula is C12H12BrClN2S. The van der Waals surface area contributed by atoms with Crippen LogP contribution in [0.1, 0.15) is 16.5 Å². The van der Waals surface area contributed by atoms with Crippen molar-refractivity contribution in [1.29, 1.82) is 0 Å². The van der Waals surface area contributed by atoms with Gasteiger partial charge >= 0.3 is 0 Å². The van der Waals surface area contributed by atoms with Crippen LogP contribution in [-0.4, -0.2) is 0 Å². The summed E-state index contributed by atoms with van der Waals surface area (Å²) in [6.07, 6.45) is 0.867. The van der Waals surface area contributed by atoms with Gasteiger partial charge in [-0.15, -0.1) is 11.3 Å². The summed E-state index contributed by atoms with van der Waals surface area (Å²) in [5.41, 5.74) is 3.93. The molecule has 0 aliphatic heterocycles. The van der Waals surface area contributed by atoms with Crippen LogP contribution < -0.4 is 11.3 Å². The van der Waals surface area contributed by atoms with Gasteiger partial charge in [-0.3, -0.25) is 11.3 Å². The van der Waals surface area contributed by atoms with Gasteiger partial charge in [0.05, 0.1) is 11.1 Å². The van der Waals surface area contributed by atoms with Crippen LogP contribution >= 0.6 is 38.9 Å². The molecule has 0 aliphatic rings. The highest BCUT2D eigenvalue weighted by Gasteiger charge is 2.12. The van der Waals surface area contributed by atoms with Crippen molar-refractivity contribution in [2.45, 2.75) is 12.5 Å². The molecule has 1 unspecified atom stereocenters. The fraction of sp³-hybridized carbons (Fsp3) is 0.167. The average Bonchev–Trinajstić information content (AvgIpc) is 2.82. The predicted molar refractivity (Wildman–Crippen MR) is 77.2 cm³/mol. The Morgan fingerprint density at radius 3 is 2.82 bits per heavy atom. The molecule has 0 saturated heterocycles. The number of benzene rings is 1. The molecule has 0 radical (unpaired) electrons. The van der Waals surface area contributed by atoms with E-state index in [1.54, 1.807) is 11.3 Å². The molecule has 1 aromatic heterocycles. The first kappa shape index (κ1) is 13.1. The molecule has 2 aromatic rings. The molecule has 1 heterocycles. The number of halogens is 2. The molecule has 90 valence electrons. The van der Waals surface area contributed by atoms with Crippen LogP contribution in [0, 0.1) is 0 Å². The number of hydrazine groups is 1. The summed E-state index contributed by atoms with van der Waals surface area (Å²) in [4.78, 5) is 1.30. The minimum Gasteiger partial charge on any atom is -0.271 e. The van der Waals surface area contributed by atoms with Crippen molar-refractivity contribution in [2.24, 2.45) is 5.84 Å². The third-order valence-corrected chi connectivity index (χ3v) is 4.66. The van der Waals surface area contributed by atoms with E-state index in [-0.39, 0.29) is 6.04 Å². The molecular weight excluding hydrogens is 320 g/mol. The van der Waals surface area contributed by atoms with Crippen molar-refractivity contribution in [3.8, 4) is 0 Å². The number of hydrogen-bond acceptors (Lipinski definition) is 3. The molecule has 0 amide bonds. The third-order valence-electron chi connectivity index (χ3n) is 2.53. The molecule has 17 heavy (non-hydrogen) atoms. The summed E-state index contributed by atoms with van der Waals surface area (Å²) in [5, 5.41) is 2.77. The standard InChI is InChI=1S/C12H12BrClN2S/c13-10-4-3-8(6-11(10)14)12(16-15)7-9-2-1-5-17-9/h1-6,12,16H,7,15H2. The molecule has 0 saturated carbocycles. The van der Waals surface area contributed by atoms with E-state index < -0.39 is 0 Å². The Balaban J connectivity index is 2.20. The SMILES string of the molecule is NNC(Cc1cccs1)c1ccc(Br)c(Cl)c1. The Morgan fingerprint density at radius 1 is 1.41 bits per heavy atom. The zero-order valence-electron chi connectivity index (χ0n) is 8.99. The first-order valence-electron chi connectivity index (χ1n) is 5.14. The Morgan fingerprint density at radius 2 is 2.24 bits per heavy atom. The molecule has 1 aromatic carbocycles. The molecule has 0 aliphatic carbocycles. The van der Waals surface area contributed by atoms with Gasteiger partial charge in [0, 0.05) is 15.8 Å². The fourth-order valence-corrected chi connectivity index (χ4v) is 2.82. The summed E-state index contributed by atoms with van der Waals surface area (Å²) in [7, 11) is 0. The number of nitrogens with two attached hydrogens (primary N) is 1. The topological polar surface area (TPSA) is 38.0 Å². The summed E-state index contributed by atoms with van der Waals surface area (Å²) < 4.78 is 0.898. The van der Waals surface area contributed by atoms with Crippen LogP contribution in [0.4, 0.5) is 0 Å². The van der Waals surface area contributed by atoms with Crippen molar-refractivity contribution >= 4 is 38.9 Å². The predicted octanol–water partition coefficient (Wildman–Crippen LogP) is 3.91. The maximum Gasteiger partial charge on any atom is 0.0551 e. The van der Waals surface area contributed by atoms with Gasteiger partial charge in [-0.1, -0.05) is 23.7 Å². The number of thiophene rings is 1. The van der Waals surface area contributed by atoms with E-state index >= 15 is 0 Å². The van der Waals surface area contributed by atoms with Crippen LogP contribution in [0.3, 0.4) is 0 Å². The summed E-state index contributed by atoms with van der Waals surface area (Å²) >= 11 is 11.2.